The van der Waals surface area contributed by atoms with Gasteiger partial charge in [-0.1, -0.05) is 54.6 Å². The topological polar surface area (TPSA) is 49.8 Å². The summed E-state index contributed by atoms with van der Waals surface area (Å²) >= 11 is 5.73. The van der Waals surface area contributed by atoms with E-state index in [-0.39, 0.29) is 30.4 Å². The molecule has 4 rings (SSSR count). The van der Waals surface area contributed by atoms with Crippen molar-refractivity contribution in [2.45, 2.75) is 56.8 Å². The molecule has 1 heterocycles. The average Bonchev–Trinajstić information content (AvgIpc) is 3.21. The second-order valence-corrected chi connectivity index (χ2v) is 8.93. The number of carbonyl (C=O) groups excluding carboxylic acids is 1. The molecule has 1 amide bonds. The Morgan fingerprint density at radius 1 is 1.23 bits per heavy atom. The lowest BCUT2D eigenvalue weighted by Crippen LogP contribution is -2.51. The normalized spacial score (nSPS) is 24.8. The van der Waals surface area contributed by atoms with Crippen LogP contribution in [-0.2, 0) is 22.4 Å². The quantitative estimate of drug-likeness (QED) is 0.702. The Morgan fingerprint density at radius 2 is 1.90 bits per heavy atom. The number of alkyl halides is 2. The van der Waals surface area contributed by atoms with Crippen molar-refractivity contribution in [1.82, 2.24) is 4.90 Å². The SMILES string of the molecule is CC1(C)O[C@@H]2Cc3ccccc3[C@@H]2N1C(=O)[C@H](Cc1ccccc1)[C@H](F)[C@@H](O)CCl. The molecule has 160 valence electrons. The highest BCUT2D eigenvalue weighted by Crippen LogP contribution is 2.49. The summed E-state index contributed by atoms with van der Waals surface area (Å²) in [5.41, 5.74) is 2.16. The van der Waals surface area contributed by atoms with E-state index in [0.717, 1.165) is 23.1 Å². The standard InChI is InChI=1S/C24H27ClFNO3/c1-24(2)27(22-17-11-7-6-10-16(17)13-20(22)30-24)23(29)18(21(26)19(28)14-25)12-15-8-4-3-5-9-15/h3-11,18-22,28H,12-14H2,1-2H3/t18-,19+,20-,21+,22+/m1/s1. The fourth-order valence-corrected chi connectivity index (χ4v) is 5.02. The summed E-state index contributed by atoms with van der Waals surface area (Å²) in [6.45, 7) is 3.69. The Morgan fingerprint density at radius 3 is 2.60 bits per heavy atom. The minimum absolute atomic E-state index is 0.158. The molecule has 2 aromatic rings. The first-order chi connectivity index (χ1) is 14.3. The molecule has 30 heavy (non-hydrogen) atoms. The van der Waals surface area contributed by atoms with Gasteiger partial charge in [-0.2, -0.15) is 0 Å². The molecule has 0 aromatic heterocycles. The van der Waals surface area contributed by atoms with Crippen molar-refractivity contribution >= 4 is 17.5 Å². The molecular weight excluding hydrogens is 405 g/mol. The van der Waals surface area contributed by atoms with Crippen LogP contribution in [0.2, 0.25) is 0 Å². The number of benzene rings is 2. The molecule has 0 saturated carbocycles. The number of nitrogens with zero attached hydrogens (tertiary/aromatic N) is 1. The van der Waals surface area contributed by atoms with Gasteiger partial charge in [0.2, 0.25) is 5.91 Å². The summed E-state index contributed by atoms with van der Waals surface area (Å²) < 4.78 is 21.6. The predicted octanol–water partition coefficient (Wildman–Crippen LogP) is 4.04. The number of aliphatic hydroxyl groups is 1. The van der Waals surface area contributed by atoms with E-state index in [4.69, 9.17) is 16.3 Å². The summed E-state index contributed by atoms with van der Waals surface area (Å²) in [5.74, 6) is -1.69. The third-order valence-electron chi connectivity index (χ3n) is 6.21. The van der Waals surface area contributed by atoms with Crippen LogP contribution >= 0.6 is 11.6 Å². The third kappa shape index (κ3) is 3.75. The third-order valence-corrected chi connectivity index (χ3v) is 6.52. The molecule has 0 bridgehead atoms. The number of aliphatic hydroxyl groups excluding tert-OH is 1. The van der Waals surface area contributed by atoms with Gasteiger partial charge >= 0.3 is 0 Å². The summed E-state index contributed by atoms with van der Waals surface area (Å²) in [7, 11) is 0. The van der Waals surface area contributed by atoms with Gasteiger partial charge in [0.05, 0.1) is 30.0 Å². The Kier molecular flexibility index (Phi) is 5.88. The van der Waals surface area contributed by atoms with E-state index in [1.165, 1.54) is 0 Å². The van der Waals surface area contributed by atoms with Crippen LogP contribution in [0, 0.1) is 5.92 Å². The first-order valence-corrected chi connectivity index (χ1v) is 10.9. The van der Waals surface area contributed by atoms with E-state index in [2.05, 4.69) is 0 Å². The second-order valence-electron chi connectivity index (χ2n) is 8.62. The zero-order valence-electron chi connectivity index (χ0n) is 17.2. The highest BCUT2D eigenvalue weighted by molar-refractivity contribution is 6.18. The summed E-state index contributed by atoms with van der Waals surface area (Å²) in [6, 6.07) is 17.0. The maximum atomic E-state index is 15.3. The van der Waals surface area contributed by atoms with Crippen molar-refractivity contribution < 1.29 is 19.0 Å². The fraction of sp³-hybridized carbons (Fsp3) is 0.458. The van der Waals surface area contributed by atoms with Crippen LogP contribution in [0.15, 0.2) is 54.6 Å². The highest BCUT2D eigenvalue weighted by Gasteiger charge is 2.55. The van der Waals surface area contributed by atoms with Gasteiger partial charge in [-0.05, 0) is 37.0 Å². The van der Waals surface area contributed by atoms with Gasteiger partial charge in [0.25, 0.3) is 0 Å². The van der Waals surface area contributed by atoms with E-state index in [1.54, 1.807) is 4.90 Å². The maximum Gasteiger partial charge on any atom is 0.231 e. The van der Waals surface area contributed by atoms with Crippen molar-refractivity contribution in [2.24, 2.45) is 5.92 Å². The minimum atomic E-state index is -1.78. The molecule has 0 radical (unpaired) electrons. The Hall–Kier alpha value is -1.95. The number of carbonyl (C=O) groups is 1. The van der Waals surface area contributed by atoms with Gasteiger partial charge < -0.3 is 14.7 Å². The number of halogens is 2. The van der Waals surface area contributed by atoms with E-state index in [9.17, 15) is 9.90 Å². The van der Waals surface area contributed by atoms with E-state index in [0.29, 0.717) is 0 Å². The molecule has 1 N–H and O–H groups in total. The molecule has 0 spiro atoms. The zero-order valence-corrected chi connectivity index (χ0v) is 17.9. The van der Waals surface area contributed by atoms with Gasteiger partial charge in [0, 0.05) is 6.42 Å². The molecule has 1 saturated heterocycles. The first kappa shape index (κ1) is 21.3. The molecule has 1 fully saturated rings. The first-order valence-electron chi connectivity index (χ1n) is 10.3. The van der Waals surface area contributed by atoms with Crippen molar-refractivity contribution in [1.29, 1.82) is 0 Å². The Bertz CT molecular complexity index is 906. The Balaban J connectivity index is 1.70. The smallest absolute Gasteiger partial charge is 0.231 e. The predicted molar refractivity (Wildman–Crippen MR) is 114 cm³/mol. The lowest BCUT2D eigenvalue weighted by atomic mass is 9.89. The summed E-state index contributed by atoms with van der Waals surface area (Å²) in [6.07, 6.45) is -2.44. The van der Waals surface area contributed by atoms with Gasteiger partial charge in [-0.25, -0.2) is 4.39 Å². The van der Waals surface area contributed by atoms with Gasteiger partial charge in [0.1, 0.15) is 11.9 Å². The molecule has 4 nitrogen and oxygen atoms in total. The maximum absolute atomic E-state index is 15.3. The van der Waals surface area contributed by atoms with Crippen LogP contribution in [0.25, 0.3) is 0 Å². The molecule has 0 unspecified atom stereocenters. The van der Waals surface area contributed by atoms with Gasteiger partial charge in [-0.3, -0.25) is 4.79 Å². The number of hydrogen-bond donors (Lipinski definition) is 1. The molecule has 2 aliphatic rings. The van der Waals surface area contributed by atoms with Crippen LogP contribution in [0.1, 0.15) is 36.6 Å². The number of rotatable bonds is 6. The van der Waals surface area contributed by atoms with Crippen LogP contribution in [-0.4, -0.2) is 45.9 Å². The zero-order chi connectivity index (χ0) is 21.5. The molecular formula is C24H27ClFNO3. The fourth-order valence-electron chi connectivity index (χ4n) is 4.85. The van der Waals surface area contributed by atoms with Crippen LogP contribution in [0.5, 0.6) is 0 Å². The lowest BCUT2D eigenvalue weighted by Gasteiger charge is -2.37. The number of ether oxygens (including phenoxy) is 1. The molecule has 1 aliphatic carbocycles. The molecule has 6 heteroatoms. The largest absolute Gasteiger partial charge is 0.389 e. The van der Waals surface area contributed by atoms with Crippen LogP contribution in [0.3, 0.4) is 0 Å². The van der Waals surface area contributed by atoms with Crippen molar-refractivity contribution in [3.8, 4) is 0 Å². The molecule has 1 aliphatic heterocycles. The average molecular weight is 432 g/mol. The minimum Gasteiger partial charge on any atom is -0.389 e. The Labute approximate surface area is 181 Å². The van der Waals surface area contributed by atoms with Crippen molar-refractivity contribution in [3.05, 3.63) is 71.3 Å². The monoisotopic (exact) mass is 431 g/mol. The highest BCUT2D eigenvalue weighted by atomic mass is 35.5. The van der Waals surface area contributed by atoms with Crippen molar-refractivity contribution in [2.75, 3.05) is 5.88 Å². The van der Waals surface area contributed by atoms with Gasteiger partial charge in [0.15, 0.2) is 0 Å². The van der Waals surface area contributed by atoms with E-state index in [1.807, 2.05) is 68.4 Å². The van der Waals surface area contributed by atoms with Crippen molar-refractivity contribution in [3.63, 3.8) is 0 Å². The van der Waals surface area contributed by atoms with Gasteiger partial charge in [-0.15, -0.1) is 11.6 Å². The summed E-state index contributed by atoms with van der Waals surface area (Å²) in [5, 5.41) is 10.1. The number of amides is 1. The van der Waals surface area contributed by atoms with E-state index >= 15 is 4.39 Å². The number of hydrogen-bond acceptors (Lipinski definition) is 3. The second kappa shape index (κ2) is 8.29. The van der Waals surface area contributed by atoms with Crippen LogP contribution in [0.4, 0.5) is 4.39 Å². The molecule has 2 aromatic carbocycles. The lowest BCUT2D eigenvalue weighted by molar-refractivity contribution is -0.156. The summed E-state index contributed by atoms with van der Waals surface area (Å²) in [4.78, 5) is 15.5. The number of fused-ring (bicyclic) bond motifs is 3. The van der Waals surface area contributed by atoms with Crippen LogP contribution < -0.4 is 0 Å². The molecule has 5 atom stereocenters. The van der Waals surface area contributed by atoms with E-state index < -0.39 is 23.9 Å².